The second-order valence-electron chi connectivity index (χ2n) is 7.88. The first-order valence-corrected chi connectivity index (χ1v) is 10.1. The van der Waals surface area contributed by atoms with Crippen LogP contribution in [-0.4, -0.2) is 61.8 Å². The number of nitro benzene ring substituents is 1. The summed E-state index contributed by atoms with van der Waals surface area (Å²) in [5.41, 5.74) is 0.00406. The molecule has 2 rings (SSSR count). The molecule has 1 heterocycles. The van der Waals surface area contributed by atoms with Crippen LogP contribution in [0.15, 0.2) is 23.1 Å². The first kappa shape index (κ1) is 20.6. The van der Waals surface area contributed by atoms with Crippen LogP contribution in [0.5, 0.6) is 0 Å². The maximum atomic E-state index is 12.8. The minimum atomic E-state index is -3.74. The third-order valence-corrected chi connectivity index (χ3v) is 6.83. The Bertz CT molecular complexity index is 765. The van der Waals surface area contributed by atoms with Gasteiger partial charge in [0.05, 0.1) is 9.82 Å². The van der Waals surface area contributed by atoms with E-state index < -0.39 is 14.9 Å². The fourth-order valence-electron chi connectivity index (χ4n) is 2.57. The van der Waals surface area contributed by atoms with E-state index in [1.807, 2.05) is 34.7 Å². The number of rotatable bonds is 5. The number of nitrogens with zero attached hydrogens (tertiary/aromatic N) is 3. The van der Waals surface area contributed by atoms with Gasteiger partial charge in [0.25, 0.3) is 5.69 Å². The molecule has 26 heavy (non-hydrogen) atoms. The lowest BCUT2D eigenvalue weighted by Gasteiger charge is -2.31. The lowest BCUT2D eigenvalue weighted by molar-refractivity contribution is -0.384. The van der Waals surface area contributed by atoms with E-state index in [1.54, 1.807) is 0 Å². The summed E-state index contributed by atoms with van der Waals surface area (Å²) in [6, 6.07) is 4.06. The van der Waals surface area contributed by atoms with Gasteiger partial charge in [-0.3, -0.25) is 10.1 Å². The number of sulfonamides is 1. The molecule has 1 aromatic carbocycles. The number of anilines is 1. The first-order chi connectivity index (χ1) is 11.9. The standard InChI is InChI=1S/C17H28N4O4S/c1-13(17(2,3)4)18-15-7-6-14(12-16(15)21(22)23)26(24,25)20-10-8-19(5)9-11-20/h6-7,12-13,18H,8-11H2,1-5H3. The van der Waals surface area contributed by atoms with E-state index in [0.29, 0.717) is 31.9 Å². The Morgan fingerprint density at radius 1 is 1.19 bits per heavy atom. The van der Waals surface area contributed by atoms with Crippen LogP contribution in [0.3, 0.4) is 0 Å². The van der Waals surface area contributed by atoms with Gasteiger partial charge in [-0.1, -0.05) is 20.8 Å². The molecule has 9 heteroatoms. The maximum Gasteiger partial charge on any atom is 0.293 e. The Kier molecular flexibility index (Phi) is 5.94. The van der Waals surface area contributed by atoms with Gasteiger partial charge in [-0.15, -0.1) is 0 Å². The molecule has 0 saturated carbocycles. The number of nitro groups is 1. The van der Waals surface area contributed by atoms with Crippen LogP contribution in [0, 0.1) is 15.5 Å². The fourth-order valence-corrected chi connectivity index (χ4v) is 4.02. The molecule has 1 atom stereocenters. The Morgan fingerprint density at radius 2 is 1.77 bits per heavy atom. The molecular weight excluding hydrogens is 356 g/mol. The van der Waals surface area contributed by atoms with Crippen molar-refractivity contribution in [3.63, 3.8) is 0 Å². The van der Waals surface area contributed by atoms with Crippen molar-refractivity contribution in [3.8, 4) is 0 Å². The fraction of sp³-hybridized carbons (Fsp3) is 0.647. The van der Waals surface area contributed by atoms with Crippen molar-refractivity contribution in [2.45, 2.75) is 38.6 Å². The van der Waals surface area contributed by atoms with E-state index in [9.17, 15) is 18.5 Å². The van der Waals surface area contributed by atoms with E-state index in [0.717, 1.165) is 6.07 Å². The predicted octanol–water partition coefficient (Wildman–Crippen LogP) is 2.38. The molecule has 146 valence electrons. The molecule has 0 spiro atoms. The molecule has 1 unspecified atom stereocenters. The highest BCUT2D eigenvalue weighted by atomic mass is 32.2. The van der Waals surface area contributed by atoms with E-state index in [4.69, 9.17) is 0 Å². The number of piperazine rings is 1. The maximum absolute atomic E-state index is 12.8. The average molecular weight is 385 g/mol. The van der Waals surface area contributed by atoms with Gasteiger partial charge >= 0.3 is 0 Å². The van der Waals surface area contributed by atoms with Crippen molar-refractivity contribution >= 4 is 21.4 Å². The highest BCUT2D eigenvalue weighted by Crippen LogP contribution is 2.32. The molecule has 0 bridgehead atoms. The van der Waals surface area contributed by atoms with Crippen LogP contribution in [0.2, 0.25) is 0 Å². The molecule has 1 saturated heterocycles. The summed E-state index contributed by atoms with van der Waals surface area (Å²) in [4.78, 5) is 13.0. The molecule has 1 N–H and O–H groups in total. The van der Waals surface area contributed by atoms with Crippen molar-refractivity contribution in [3.05, 3.63) is 28.3 Å². The lowest BCUT2D eigenvalue weighted by atomic mass is 9.88. The highest BCUT2D eigenvalue weighted by molar-refractivity contribution is 7.89. The first-order valence-electron chi connectivity index (χ1n) is 8.66. The van der Waals surface area contributed by atoms with E-state index in [-0.39, 0.29) is 22.0 Å². The van der Waals surface area contributed by atoms with Crippen LogP contribution >= 0.6 is 0 Å². The molecule has 1 fully saturated rings. The van der Waals surface area contributed by atoms with Crippen molar-refractivity contribution in [2.24, 2.45) is 5.41 Å². The van der Waals surface area contributed by atoms with Crippen LogP contribution < -0.4 is 5.32 Å². The lowest BCUT2D eigenvalue weighted by Crippen LogP contribution is -2.47. The topological polar surface area (TPSA) is 95.8 Å². The Hall–Kier alpha value is -1.71. The monoisotopic (exact) mass is 384 g/mol. The second kappa shape index (κ2) is 7.50. The zero-order valence-electron chi connectivity index (χ0n) is 16.0. The van der Waals surface area contributed by atoms with E-state index >= 15 is 0 Å². The average Bonchev–Trinajstić information content (AvgIpc) is 2.54. The molecule has 0 radical (unpaired) electrons. The molecule has 0 amide bonds. The van der Waals surface area contributed by atoms with Gasteiger partial charge in [0.2, 0.25) is 10.0 Å². The minimum Gasteiger partial charge on any atom is -0.377 e. The van der Waals surface area contributed by atoms with Gasteiger partial charge in [-0.05, 0) is 31.5 Å². The summed E-state index contributed by atoms with van der Waals surface area (Å²) in [7, 11) is -1.80. The number of hydrogen-bond donors (Lipinski definition) is 1. The van der Waals surface area contributed by atoms with Crippen LogP contribution in [0.25, 0.3) is 0 Å². The van der Waals surface area contributed by atoms with Gasteiger partial charge in [-0.25, -0.2) is 8.42 Å². The summed E-state index contributed by atoms with van der Waals surface area (Å²) in [5, 5.41) is 14.6. The van der Waals surface area contributed by atoms with Gasteiger partial charge in [-0.2, -0.15) is 4.31 Å². The van der Waals surface area contributed by atoms with E-state index in [1.165, 1.54) is 16.4 Å². The second-order valence-corrected chi connectivity index (χ2v) is 9.81. The summed E-state index contributed by atoms with van der Waals surface area (Å²) >= 11 is 0. The number of nitrogens with one attached hydrogen (secondary N) is 1. The van der Waals surface area contributed by atoms with E-state index in [2.05, 4.69) is 10.2 Å². The third-order valence-electron chi connectivity index (χ3n) is 4.94. The molecule has 8 nitrogen and oxygen atoms in total. The Balaban J connectivity index is 2.34. The molecular formula is C17H28N4O4S. The summed E-state index contributed by atoms with van der Waals surface area (Å²) in [6.07, 6.45) is 0. The zero-order valence-corrected chi connectivity index (χ0v) is 16.8. The van der Waals surface area contributed by atoms with Gasteiger partial charge < -0.3 is 10.2 Å². The molecule has 1 aromatic rings. The Labute approximate surface area is 155 Å². The molecule has 1 aliphatic rings. The van der Waals surface area contributed by atoms with Crippen LogP contribution in [-0.2, 0) is 10.0 Å². The molecule has 1 aliphatic heterocycles. The smallest absolute Gasteiger partial charge is 0.293 e. The van der Waals surface area contributed by atoms with Crippen molar-refractivity contribution < 1.29 is 13.3 Å². The highest BCUT2D eigenvalue weighted by Gasteiger charge is 2.30. The normalized spacial score (nSPS) is 18.5. The third kappa shape index (κ3) is 4.52. The summed E-state index contributed by atoms with van der Waals surface area (Å²) < 4.78 is 27.0. The Morgan fingerprint density at radius 3 is 2.27 bits per heavy atom. The van der Waals surface area contributed by atoms with Crippen molar-refractivity contribution in [2.75, 3.05) is 38.5 Å². The van der Waals surface area contributed by atoms with Crippen LogP contribution in [0.4, 0.5) is 11.4 Å². The van der Waals surface area contributed by atoms with Gasteiger partial charge in [0, 0.05) is 38.3 Å². The quantitative estimate of drug-likeness (QED) is 0.618. The van der Waals surface area contributed by atoms with Crippen molar-refractivity contribution in [1.82, 2.24) is 9.21 Å². The predicted molar refractivity (Wildman–Crippen MR) is 102 cm³/mol. The molecule has 0 aromatic heterocycles. The SMILES string of the molecule is CC(Nc1ccc(S(=O)(=O)N2CCN(C)CC2)cc1[N+](=O)[O-])C(C)(C)C. The molecule has 0 aliphatic carbocycles. The number of hydrogen-bond acceptors (Lipinski definition) is 6. The number of likely N-dealkylation sites (N-methyl/N-ethyl adjacent to an activating group) is 1. The summed E-state index contributed by atoms with van der Waals surface area (Å²) in [6.45, 7) is 10.1. The largest absolute Gasteiger partial charge is 0.377 e. The van der Waals surface area contributed by atoms with Crippen molar-refractivity contribution in [1.29, 1.82) is 0 Å². The van der Waals surface area contributed by atoms with Crippen LogP contribution in [0.1, 0.15) is 27.7 Å². The van der Waals surface area contributed by atoms with Gasteiger partial charge in [0.15, 0.2) is 0 Å². The summed E-state index contributed by atoms with van der Waals surface area (Å²) in [5.74, 6) is 0. The minimum absolute atomic E-state index is 0.0266. The van der Waals surface area contributed by atoms with Gasteiger partial charge in [0.1, 0.15) is 5.69 Å². The number of benzene rings is 1. The zero-order chi connectivity index (χ0) is 19.7.